The normalized spacial score (nSPS) is 14.3. The van der Waals surface area contributed by atoms with Gasteiger partial charge in [0.15, 0.2) is 0 Å². The van der Waals surface area contributed by atoms with Gasteiger partial charge in [-0.3, -0.25) is 24.0 Å². The van der Waals surface area contributed by atoms with E-state index in [2.05, 4.69) is 16.0 Å². The van der Waals surface area contributed by atoms with Crippen molar-refractivity contribution in [1.29, 1.82) is 0 Å². The molecule has 4 unspecified atom stereocenters. The number of amides is 4. The minimum atomic E-state index is -1.40. The number of aliphatic carboxylic acids is 1. The molecule has 4 amide bonds. The molecule has 182 valence electrons. The number of hydrogen-bond donors (Lipinski definition) is 6. The zero-order valence-electron chi connectivity index (χ0n) is 18.6. The maximum Gasteiger partial charge on any atom is 0.325 e. The summed E-state index contributed by atoms with van der Waals surface area (Å²) >= 11 is 1.45. The quantitative estimate of drug-likeness (QED) is 0.189. The Hall–Kier alpha value is -3.12. The van der Waals surface area contributed by atoms with Crippen molar-refractivity contribution >= 4 is 41.4 Å². The molecule has 0 radical (unpaired) electrons. The average molecular weight is 482 g/mol. The first-order chi connectivity index (χ1) is 15.5. The van der Waals surface area contributed by atoms with E-state index in [1.165, 1.54) is 18.7 Å². The van der Waals surface area contributed by atoms with E-state index >= 15 is 0 Å². The Morgan fingerprint density at radius 3 is 2.09 bits per heavy atom. The topological polar surface area (TPSA) is 194 Å². The SMILES string of the molecule is CSCCC(NC(=O)C(N)Cc1ccccc1)C(=O)NC(CC(N)=O)C(=O)NC(C)C(=O)O. The molecule has 1 aromatic carbocycles. The van der Waals surface area contributed by atoms with Gasteiger partial charge in [0, 0.05) is 0 Å². The smallest absolute Gasteiger partial charge is 0.325 e. The second kappa shape index (κ2) is 14.1. The highest BCUT2D eigenvalue weighted by Crippen LogP contribution is 2.06. The first kappa shape index (κ1) is 27.9. The highest BCUT2D eigenvalue weighted by atomic mass is 32.2. The van der Waals surface area contributed by atoms with Gasteiger partial charge >= 0.3 is 5.97 Å². The highest BCUT2D eigenvalue weighted by molar-refractivity contribution is 7.98. The van der Waals surface area contributed by atoms with Crippen LogP contribution in [0.3, 0.4) is 0 Å². The summed E-state index contributed by atoms with van der Waals surface area (Å²) in [6.45, 7) is 1.24. The van der Waals surface area contributed by atoms with E-state index in [-0.39, 0.29) is 12.8 Å². The Labute approximate surface area is 196 Å². The molecule has 8 N–H and O–H groups in total. The van der Waals surface area contributed by atoms with Crippen LogP contribution in [0.5, 0.6) is 0 Å². The summed E-state index contributed by atoms with van der Waals surface area (Å²) in [7, 11) is 0. The highest BCUT2D eigenvalue weighted by Gasteiger charge is 2.30. The Balaban J connectivity index is 2.88. The Kier molecular flexibility index (Phi) is 11.9. The molecule has 0 aliphatic carbocycles. The van der Waals surface area contributed by atoms with Crippen molar-refractivity contribution in [3.63, 3.8) is 0 Å². The number of hydrogen-bond acceptors (Lipinski definition) is 7. The number of carbonyl (C=O) groups excluding carboxylic acids is 4. The number of rotatable bonds is 14. The fourth-order valence-corrected chi connectivity index (χ4v) is 3.27. The van der Waals surface area contributed by atoms with Crippen LogP contribution in [0.25, 0.3) is 0 Å². The molecule has 0 spiro atoms. The first-order valence-corrected chi connectivity index (χ1v) is 11.6. The van der Waals surface area contributed by atoms with Gasteiger partial charge in [0.05, 0.1) is 12.5 Å². The molecule has 0 aliphatic rings. The molecule has 0 aromatic heterocycles. The molecule has 0 saturated carbocycles. The molecule has 0 aliphatic heterocycles. The number of nitrogens with two attached hydrogens (primary N) is 2. The van der Waals surface area contributed by atoms with Crippen LogP contribution in [-0.2, 0) is 30.4 Å². The summed E-state index contributed by atoms with van der Waals surface area (Å²) < 4.78 is 0. The molecular formula is C21H31N5O6S. The number of benzene rings is 1. The zero-order valence-corrected chi connectivity index (χ0v) is 19.4. The molecule has 0 heterocycles. The predicted octanol–water partition coefficient (Wildman–Crippen LogP) is -1.26. The predicted molar refractivity (Wildman–Crippen MR) is 124 cm³/mol. The fourth-order valence-electron chi connectivity index (χ4n) is 2.80. The molecule has 1 aromatic rings. The molecule has 11 nitrogen and oxygen atoms in total. The van der Waals surface area contributed by atoms with E-state index in [4.69, 9.17) is 16.6 Å². The molecule has 12 heteroatoms. The van der Waals surface area contributed by atoms with Crippen molar-refractivity contribution < 1.29 is 29.1 Å². The number of carboxylic acids is 1. The van der Waals surface area contributed by atoms with Gasteiger partial charge in [0.25, 0.3) is 0 Å². The van der Waals surface area contributed by atoms with Gasteiger partial charge in [-0.1, -0.05) is 30.3 Å². The fraction of sp³-hybridized carbons (Fsp3) is 0.476. The van der Waals surface area contributed by atoms with Gasteiger partial charge in [-0.25, -0.2) is 0 Å². The van der Waals surface area contributed by atoms with Crippen molar-refractivity contribution in [1.82, 2.24) is 16.0 Å². The lowest BCUT2D eigenvalue weighted by Gasteiger charge is -2.24. The first-order valence-electron chi connectivity index (χ1n) is 10.3. The summed E-state index contributed by atoms with van der Waals surface area (Å²) in [5.41, 5.74) is 12.0. The maximum atomic E-state index is 12.9. The van der Waals surface area contributed by atoms with Gasteiger partial charge in [0.2, 0.25) is 23.6 Å². The number of nitrogens with one attached hydrogen (secondary N) is 3. The minimum absolute atomic E-state index is 0.243. The summed E-state index contributed by atoms with van der Waals surface area (Å²) in [5, 5.41) is 16.1. The second-order valence-electron chi connectivity index (χ2n) is 7.44. The van der Waals surface area contributed by atoms with Crippen molar-refractivity contribution in [2.24, 2.45) is 11.5 Å². The molecule has 0 fully saturated rings. The number of carboxylic acid groups (broad SMARTS) is 1. The lowest BCUT2D eigenvalue weighted by molar-refractivity contribution is -0.142. The molecule has 4 atom stereocenters. The summed E-state index contributed by atoms with van der Waals surface area (Å²) in [6.07, 6.45) is 1.80. The van der Waals surface area contributed by atoms with Crippen molar-refractivity contribution in [2.45, 2.75) is 50.4 Å². The van der Waals surface area contributed by atoms with Crippen molar-refractivity contribution in [3.05, 3.63) is 35.9 Å². The molecule has 1 rings (SSSR count). The van der Waals surface area contributed by atoms with Crippen molar-refractivity contribution in [3.8, 4) is 0 Å². The van der Waals surface area contributed by atoms with E-state index in [1.54, 1.807) is 0 Å². The van der Waals surface area contributed by atoms with Crippen LogP contribution in [0, 0.1) is 0 Å². The van der Waals surface area contributed by atoms with Crippen LogP contribution in [-0.4, -0.2) is 70.9 Å². The summed E-state index contributed by atoms with van der Waals surface area (Å²) in [5.74, 6) is -3.77. The van der Waals surface area contributed by atoms with Gasteiger partial charge in [-0.05, 0) is 37.3 Å². The van der Waals surface area contributed by atoms with Crippen LogP contribution in [0.4, 0.5) is 0 Å². The van der Waals surface area contributed by atoms with Gasteiger partial charge < -0.3 is 32.5 Å². The monoisotopic (exact) mass is 481 g/mol. The van der Waals surface area contributed by atoms with Crippen LogP contribution in [0.15, 0.2) is 30.3 Å². The third-order valence-corrected chi connectivity index (χ3v) is 5.29. The molecule has 33 heavy (non-hydrogen) atoms. The number of carbonyl (C=O) groups is 5. The molecule has 0 saturated heterocycles. The second-order valence-corrected chi connectivity index (χ2v) is 8.42. The van der Waals surface area contributed by atoms with Crippen LogP contribution >= 0.6 is 11.8 Å². The Morgan fingerprint density at radius 1 is 0.970 bits per heavy atom. The van der Waals surface area contributed by atoms with E-state index in [9.17, 15) is 24.0 Å². The third kappa shape index (κ3) is 10.4. The van der Waals surface area contributed by atoms with Crippen LogP contribution < -0.4 is 27.4 Å². The number of primary amides is 1. The largest absolute Gasteiger partial charge is 0.480 e. The van der Waals surface area contributed by atoms with E-state index in [0.717, 1.165) is 5.56 Å². The molecule has 0 bridgehead atoms. The van der Waals surface area contributed by atoms with Gasteiger partial charge in [-0.2, -0.15) is 11.8 Å². The average Bonchev–Trinajstić information content (AvgIpc) is 2.75. The molecular weight excluding hydrogens is 450 g/mol. The summed E-state index contributed by atoms with van der Waals surface area (Å²) in [6, 6.07) is 4.58. The van der Waals surface area contributed by atoms with E-state index in [1.807, 2.05) is 36.6 Å². The van der Waals surface area contributed by atoms with E-state index < -0.39 is 60.2 Å². The van der Waals surface area contributed by atoms with Gasteiger partial charge in [-0.15, -0.1) is 0 Å². The lowest BCUT2D eigenvalue weighted by Crippen LogP contribution is -2.57. The van der Waals surface area contributed by atoms with Gasteiger partial charge in [0.1, 0.15) is 18.1 Å². The third-order valence-electron chi connectivity index (χ3n) is 4.65. The summed E-state index contributed by atoms with van der Waals surface area (Å²) in [4.78, 5) is 60.2. The van der Waals surface area contributed by atoms with Crippen molar-refractivity contribution in [2.75, 3.05) is 12.0 Å². The maximum absolute atomic E-state index is 12.9. The zero-order chi connectivity index (χ0) is 25.0. The van der Waals surface area contributed by atoms with Crippen LogP contribution in [0.2, 0.25) is 0 Å². The number of thioether (sulfide) groups is 1. The standard InChI is InChI=1S/C21H31N5O6S/c1-12(21(31)32)24-20(30)16(11-17(23)27)26-19(29)15(8-9-33-2)25-18(28)14(22)10-13-6-4-3-5-7-13/h3-7,12,14-16H,8-11,22H2,1-2H3,(H2,23,27)(H,24,30)(H,25,28)(H,26,29)(H,31,32). The Morgan fingerprint density at radius 2 is 1.55 bits per heavy atom. The van der Waals surface area contributed by atoms with Crippen LogP contribution in [0.1, 0.15) is 25.3 Å². The van der Waals surface area contributed by atoms with E-state index in [0.29, 0.717) is 5.75 Å². The minimum Gasteiger partial charge on any atom is -0.480 e. The lowest BCUT2D eigenvalue weighted by atomic mass is 10.1. The Bertz CT molecular complexity index is 838.